The number of hydrogen-bond donors (Lipinski definition) is 0. The Bertz CT molecular complexity index is 62.4. The first kappa shape index (κ1) is 6.52. The molecule has 0 bridgehead atoms. The first-order valence-corrected chi connectivity index (χ1v) is 3.51. The third-order valence-electron chi connectivity index (χ3n) is 0.316. The van der Waals surface area contributed by atoms with Gasteiger partial charge in [-0.1, -0.05) is 37.8 Å². The normalized spacial score (nSPS) is 12.8. The number of hydrogen-bond acceptors (Lipinski definition) is 0. The molecule has 0 aliphatic rings. The van der Waals surface area contributed by atoms with Crippen LogP contribution in [0.3, 0.4) is 0 Å². The van der Waals surface area contributed by atoms with Crippen LogP contribution < -0.4 is 0 Å². The lowest BCUT2D eigenvalue weighted by molar-refractivity contribution is 1.38. The Kier molecular flexibility index (Phi) is 4.02. The summed E-state index contributed by atoms with van der Waals surface area (Å²) in [4.78, 5) is 0.192. The lowest BCUT2D eigenvalue weighted by Gasteiger charge is -1.86. The second-order valence-electron chi connectivity index (χ2n) is 0.789. The molecule has 0 saturated heterocycles. The Morgan fingerprint density at radius 3 is 2.33 bits per heavy atom. The number of halogens is 2. The van der Waals surface area contributed by atoms with E-state index in [9.17, 15) is 0 Å². The van der Waals surface area contributed by atoms with Gasteiger partial charge in [0.1, 0.15) is 0 Å². The SMILES string of the molecule is C#CC(Br)CBr. The van der Waals surface area contributed by atoms with Crippen molar-refractivity contribution < 1.29 is 0 Å². The molecule has 0 aromatic rings. The van der Waals surface area contributed by atoms with Crippen molar-refractivity contribution in [3.05, 3.63) is 0 Å². The van der Waals surface area contributed by atoms with Crippen LogP contribution in [0.2, 0.25) is 0 Å². The van der Waals surface area contributed by atoms with Gasteiger partial charge >= 0.3 is 0 Å². The average Bonchev–Trinajstić information content (AvgIpc) is 1.65. The van der Waals surface area contributed by atoms with Gasteiger partial charge in [-0.3, -0.25) is 0 Å². The van der Waals surface area contributed by atoms with Crippen molar-refractivity contribution >= 4 is 31.9 Å². The highest BCUT2D eigenvalue weighted by Crippen LogP contribution is 1.99. The van der Waals surface area contributed by atoms with E-state index in [1.165, 1.54) is 0 Å². The summed E-state index contributed by atoms with van der Waals surface area (Å²) in [5.41, 5.74) is 0. The molecule has 1 unspecified atom stereocenters. The van der Waals surface area contributed by atoms with Gasteiger partial charge in [-0.05, 0) is 0 Å². The monoisotopic (exact) mass is 210 g/mol. The lowest BCUT2D eigenvalue weighted by Crippen LogP contribution is -1.90. The van der Waals surface area contributed by atoms with Crippen LogP contribution >= 0.6 is 31.9 Å². The van der Waals surface area contributed by atoms with Gasteiger partial charge < -0.3 is 0 Å². The molecule has 0 saturated carbocycles. The minimum atomic E-state index is 0.192. The van der Waals surface area contributed by atoms with Gasteiger partial charge in [-0.25, -0.2) is 0 Å². The number of alkyl halides is 2. The smallest absolute Gasteiger partial charge is 0.0848 e. The Balaban J connectivity index is 3.04. The van der Waals surface area contributed by atoms with Gasteiger partial charge in [0.05, 0.1) is 4.83 Å². The predicted octanol–water partition coefficient (Wildman–Crippen LogP) is 1.78. The molecular formula is C4H4Br2. The Morgan fingerprint density at radius 1 is 1.83 bits per heavy atom. The Labute approximate surface area is 54.6 Å². The van der Waals surface area contributed by atoms with E-state index in [0.29, 0.717) is 0 Å². The van der Waals surface area contributed by atoms with Crippen LogP contribution in [0.25, 0.3) is 0 Å². The summed E-state index contributed by atoms with van der Waals surface area (Å²) in [6, 6.07) is 0. The molecule has 2 heteroatoms. The summed E-state index contributed by atoms with van der Waals surface area (Å²) in [6.45, 7) is 0. The van der Waals surface area contributed by atoms with E-state index < -0.39 is 0 Å². The molecular weight excluding hydrogens is 208 g/mol. The van der Waals surface area contributed by atoms with E-state index in [-0.39, 0.29) is 4.83 Å². The van der Waals surface area contributed by atoms with Gasteiger partial charge in [0.15, 0.2) is 0 Å². The highest BCUT2D eigenvalue weighted by Gasteiger charge is 1.89. The van der Waals surface area contributed by atoms with Crippen LogP contribution in [0, 0.1) is 12.3 Å². The van der Waals surface area contributed by atoms with Crippen molar-refractivity contribution in [3.63, 3.8) is 0 Å². The molecule has 1 atom stereocenters. The molecule has 0 aliphatic carbocycles. The van der Waals surface area contributed by atoms with Crippen molar-refractivity contribution in [1.29, 1.82) is 0 Å². The molecule has 0 N–H and O–H groups in total. The van der Waals surface area contributed by atoms with E-state index in [0.717, 1.165) is 5.33 Å². The maximum atomic E-state index is 4.96. The molecule has 0 spiro atoms. The summed E-state index contributed by atoms with van der Waals surface area (Å²) in [6.07, 6.45) is 4.96. The predicted molar refractivity (Wildman–Crippen MR) is 35.3 cm³/mol. The van der Waals surface area contributed by atoms with Crippen LogP contribution in [0.1, 0.15) is 0 Å². The Hall–Kier alpha value is 0.520. The van der Waals surface area contributed by atoms with Gasteiger partial charge in [0.25, 0.3) is 0 Å². The van der Waals surface area contributed by atoms with Crippen LogP contribution in [0.4, 0.5) is 0 Å². The molecule has 0 fully saturated rings. The fourth-order valence-electron chi connectivity index (χ4n) is 0.0445. The third kappa shape index (κ3) is 2.74. The first-order chi connectivity index (χ1) is 2.81. The van der Waals surface area contributed by atoms with E-state index >= 15 is 0 Å². The quantitative estimate of drug-likeness (QED) is 0.459. The standard InChI is InChI=1S/C4H4Br2/c1-2-4(6)3-5/h1,4H,3H2. The molecule has 0 rings (SSSR count). The van der Waals surface area contributed by atoms with Crippen LogP contribution in [-0.4, -0.2) is 10.2 Å². The van der Waals surface area contributed by atoms with Crippen LogP contribution in [-0.2, 0) is 0 Å². The molecule has 0 nitrogen and oxygen atoms in total. The van der Waals surface area contributed by atoms with Crippen molar-refractivity contribution in [2.24, 2.45) is 0 Å². The zero-order chi connectivity index (χ0) is 4.99. The molecule has 0 aromatic heterocycles. The van der Waals surface area contributed by atoms with Crippen molar-refractivity contribution in [3.8, 4) is 12.3 Å². The highest BCUT2D eigenvalue weighted by atomic mass is 79.9. The van der Waals surface area contributed by atoms with Gasteiger partial charge in [0, 0.05) is 5.33 Å². The van der Waals surface area contributed by atoms with E-state index in [2.05, 4.69) is 37.8 Å². The van der Waals surface area contributed by atoms with Gasteiger partial charge in [-0.15, -0.1) is 6.42 Å². The summed E-state index contributed by atoms with van der Waals surface area (Å²) in [5, 5.41) is 0.823. The minimum absolute atomic E-state index is 0.192. The largest absolute Gasteiger partial charge is 0.119 e. The number of terminal acetylenes is 1. The van der Waals surface area contributed by atoms with E-state index in [4.69, 9.17) is 6.42 Å². The zero-order valence-corrected chi connectivity index (χ0v) is 6.29. The minimum Gasteiger partial charge on any atom is -0.119 e. The maximum absolute atomic E-state index is 4.96. The van der Waals surface area contributed by atoms with Gasteiger partial charge in [0.2, 0.25) is 0 Å². The third-order valence-corrected chi connectivity index (χ3v) is 2.42. The summed E-state index contributed by atoms with van der Waals surface area (Å²) >= 11 is 6.38. The first-order valence-electron chi connectivity index (χ1n) is 1.47. The van der Waals surface area contributed by atoms with Crippen LogP contribution in [0.5, 0.6) is 0 Å². The van der Waals surface area contributed by atoms with Crippen molar-refractivity contribution in [2.45, 2.75) is 4.83 Å². The summed E-state index contributed by atoms with van der Waals surface area (Å²) in [5.74, 6) is 2.48. The fraction of sp³-hybridized carbons (Fsp3) is 0.500. The van der Waals surface area contributed by atoms with Crippen molar-refractivity contribution in [2.75, 3.05) is 5.33 Å². The molecule has 6 heavy (non-hydrogen) atoms. The zero-order valence-electron chi connectivity index (χ0n) is 3.12. The van der Waals surface area contributed by atoms with Crippen LogP contribution in [0.15, 0.2) is 0 Å². The summed E-state index contributed by atoms with van der Waals surface area (Å²) < 4.78 is 0. The van der Waals surface area contributed by atoms with E-state index in [1.54, 1.807) is 0 Å². The molecule has 0 amide bonds. The molecule has 0 radical (unpaired) electrons. The molecule has 34 valence electrons. The molecule has 0 aromatic carbocycles. The van der Waals surface area contributed by atoms with Crippen molar-refractivity contribution in [1.82, 2.24) is 0 Å². The van der Waals surface area contributed by atoms with Gasteiger partial charge in [-0.2, -0.15) is 0 Å². The topological polar surface area (TPSA) is 0 Å². The molecule has 0 aliphatic heterocycles. The maximum Gasteiger partial charge on any atom is 0.0848 e. The Morgan fingerprint density at radius 2 is 2.33 bits per heavy atom. The fourth-order valence-corrected chi connectivity index (χ4v) is 0.231. The molecule has 0 heterocycles. The number of rotatable bonds is 1. The average molecular weight is 212 g/mol. The highest BCUT2D eigenvalue weighted by molar-refractivity contribution is 9.12. The van der Waals surface area contributed by atoms with E-state index in [1.807, 2.05) is 0 Å². The second kappa shape index (κ2) is 3.70. The summed E-state index contributed by atoms with van der Waals surface area (Å²) in [7, 11) is 0. The lowest BCUT2D eigenvalue weighted by atomic mass is 10.5. The second-order valence-corrected chi connectivity index (χ2v) is 2.54.